The lowest BCUT2D eigenvalue weighted by atomic mass is 10.2. The van der Waals surface area contributed by atoms with Crippen molar-refractivity contribution in [2.24, 2.45) is 4.99 Å². The number of aliphatic imine (C=N–C) groups is 1. The summed E-state index contributed by atoms with van der Waals surface area (Å²) in [6.45, 7) is 3.69. The second kappa shape index (κ2) is 10.1. The third kappa shape index (κ3) is 6.12. The van der Waals surface area contributed by atoms with Crippen LogP contribution < -0.4 is 20.1 Å². The Morgan fingerprint density at radius 2 is 2.04 bits per heavy atom. The van der Waals surface area contributed by atoms with E-state index in [1.165, 1.54) is 0 Å². The summed E-state index contributed by atoms with van der Waals surface area (Å²) in [4.78, 5) is 8.10. The van der Waals surface area contributed by atoms with Crippen LogP contribution in [0.4, 0.5) is 13.2 Å². The number of hydrogen-bond acceptors (Lipinski definition) is 5. The second-order valence-electron chi connectivity index (χ2n) is 5.68. The van der Waals surface area contributed by atoms with E-state index in [0.717, 1.165) is 28.0 Å². The van der Waals surface area contributed by atoms with Crippen molar-refractivity contribution in [1.29, 1.82) is 0 Å². The first-order chi connectivity index (χ1) is 13.0. The monoisotopic (exact) mass is 528 g/mol. The van der Waals surface area contributed by atoms with E-state index in [2.05, 4.69) is 20.6 Å². The van der Waals surface area contributed by atoms with Crippen molar-refractivity contribution in [3.63, 3.8) is 0 Å². The highest BCUT2D eigenvalue weighted by atomic mass is 127. The smallest absolute Gasteiger partial charge is 0.434 e. The van der Waals surface area contributed by atoms with Crippen molar-refractivity contribution in [2.75, 3.05) is 19.9 Å². The van der Waals surface area contributed by atoms with Crippen molar-refractivity contribution in [3.8, 4) is 11.5 Å². The molecule has 0 bridgehead atoms. The maximum atomic E-state index is 12.6. The summed E-state index contributed by atoms with van der Waals surface area (Å²) in [5.41, 5.74) is 0.122. The molecule has 0 amide bonds. The van der Waals surface area contributed by atoms with Gasteiger partial charge in [0.25, 0.3) is 0 Å². The molecule has 28 heavy (non-hydrogen) atoms. The molecule has 6 nitrogen and oxygen atoms in total. The normalized spacial score (nSPS) is 13.2. The molecule has 1 aromatic heterocycles. The third-order valence-corrected chi connectivity index (χ3v) is 4.58. The summed E-state index contributed by atoms with van der Waals surface area (Å²) < 4.78 is 48.4. The highest BCUT2D eigenvalue weighted by Gasteiger charge is 2.33. The predicted molar refractivity (Wildman–Crippen MR) is 112 cm³/mol. The summed E-state index contributed by atoms with van der Waals surface area (Å²) in [6.07, 6.45) is -4.02. The van der Waals surface area contributed by atoms with Crippen LogP contribution in [0.15, 0.2) is 28.6 Å². The van der Waals surface area contributed by atoms with Crippen LogP contribution in [0.5, 0.6) is 11.5 Å². The standard InChI is InChI=1S/C17H19F3N4O2S.HI/c1-2-21-16(22-6-5-15-24-14(9-27-15)17(18,19)20)23-8-11-3-4-12-13(7-11)26-10-25-12;/h3-4,7,9H,2,5-6,8,10H2,1H3,(H2,21,22,23);1H. The molecule has 0 fully saturated rings. The van der Waals surface area contributed by atoms with Crippen molar-refractivity contribution in [3.05, 3.63) is 39.8 Å². The predicted octanol–water partition coefficient (Wildman–Crippen LogP) is 3.81. The molecule has 0 aliphatic carbocycles. The van der Waals surface area contributed by atoms with E-state index in [-0.39, 0.29) is 30.8 Å². The van der Waals surface area contributed by atoms with E-state index in [1.807, 2.05) is 25.1 Å². The Hall–Kier alpha value is -1.76. The van der Waals surface area contributed by atoms with Gasteiger partial charge in [0.2, 0.25) is 6.79 Å². The maximum Gasteiger partial charge on any atom is 0.434 e. The molecule has 0 unspecified atom stereocenters. The number of aromatic nitrogens is 1. The van der Waals surface area contributed by atoms with Gasteiger partial charge in [0.05, 0.1) is 11.6 Å². The number of nitrogens with one attached hydrogen (secondary N) is 2. The van der Waals surface area contributed by atoms with Crippen LogP contribution in [0.2, 0.25) is 0 Å². The molecule has 154 valence electrons. The minimum atomic E-state index is -4.40. The molecule has 0 saturated heterocycles. The largest absolute Gasteiger partial charge is 0.454 e. The minimum Gasteiger partial charge on any atom is -0.454 e. The fraction of sp³-hybridized carbons (Fsp3) is 0.412. The third-order valence-electron chi connectivity index (χ3n) is 3.67. The van der Waals surface area contributed by atoms with Gasteiger partial charge in [-0.05, 0) is 24.6 Å². The van der Waals surface area contributed by atoms with Gasteiger partial charge in [-0.2, -0.15) is 13.2 Å². The topological polar surface area (TPSA) is 67.8 Å². The maximum absolute atomic E-state index is 12.6. The first kappa shape index (κ1) is 22.5. The number of alkyl halides is 3. The first-order valence-corrected chi connectivity index (χ1v) is 9.26. The molecule has 3 rings (SSSR count). The summed E-state index contributed by atoms with van der Waals surface area (Å²) in [5, 5.41) is 7.68. The fourth-order valence-corrected chi connectivity index (χ4v) is 3.20. The SMILES string of the molecule is CCNC(=NCc1ccc2c(c1)OCO2)NCCc1nc(C(F)(F)F)cs1.I. The number of thiazole rings is 1. The van der Waals surface area contributed by atoms with Crippen LogP contribution in [0.25, 0.3) is 0 Å². The number of hydrogen-bond donors (Lipinski definition) is 2. The summed E-state index contributed by atoms with van der Waals surface area (Å²) in [5.74, 6) is 2.00. The van der Waals surface area contributed by atoms with Gasteiger partial charge >= 0.3 is 6.18 Å². The van der Waals surface area contributed by atoms with Crippen molar-refractivity contribution in [2.45, 2.75) is 26.1 Å². The van der Waals surface area contributed by atoms with Gasteiger partial charge in [-0.3, -0.25) is 0 Å². The molecular weight excluding hydrogens is 508 g/mol. The molecule has 0 spiro atoms. The zero-order chi connectivity index (χ0) is 19.3. The number of guanidine groups is 1. The number of nitrogens with zero attached hydrogens (tertiary/aromatic N) is 2. The van der Waals surface area contributed by atoms with Crippen molar-refractivity contribution >= 4 is 41.3 Å². The lowest BCUT2D eigenvalue weighted by Crippen LogP contribution is -2.38. The van der Waals surface area contributed by atoms with E-state index in [1.54, 1.807) is 0 Å². The van der Waals surface area contributed by atoms with Gasteiger partial charge in [0.1, 0.15) is 0 Å². The van der Waals surface area contributed by atoms with Crippen LogP contribution in [0.1, 0.15) is 23.2 Å². The molecule has 0 atom stereocenters. The van der Waals surface area contributed by atoms with Gasteiger partial charge in [0, 0.05) is 24.9 Å². The first-order valence-electron chi connectivity index (χ1n) is 8.38. The Balaban J connectivity index is 0.00000280. The zero-order valence-electron chi connectivity index (χ0n) is 15.0. The zero-order valence-corrected chi connectivity index (χ0v) is 18.2. The number of rotatable bonds is 6. The average molecular weight is 528 g/mol. The van der Waals surface area contributed by atoms with Crippen molar-refractivity contribution < 1.29 is 22.6 Å². The lowest BCUT2D eigenvalue weighted by Gasteiger charge is -2.10. The van der Waals surface area contributed by atoms with Crippen LogP contribution >= 0.6 is 35.3 Å². The Bertz CT molecular complexity index is 814. The molecule has 1 aliphatic heterocycles. The van der Waals surface area contributed by atoms with Crippen LogP contribution in [-0.4, -0.2) is 30.8 Å². The fourth-order valence-electron chi connectivity index (χ4n) is 2.40. The average Bonchev–Trinajstić information content (AvgIpc) is 3.28. The second-order valence-corrected chi connectivity index (χ2v) is 6.63. The highest BCUT2D eigenvalue weighted by Crippen LogP contribution is 2.32. The van der Waals surface area contributed by atoms with Crippen LogP contribution in [0, 0.1) is 0 Å². The molecule has 1 aliphatic rings. The van der Waals surface area contributed by atoms with Gasteiger partial charge in [-0.15, -0.1) is 35.3 Å². The van der Waals surface area contributed by atoms with E-state index in [0.29, 0.717) is 42.8 Å². The summed E-state index contributed by atoms with van der Waals surface area (Å²) in [7, 11) is 0. The summed E-state index contributed by atoms with van der Waals surface area (Å²) >= 11 is 1.01. The lowest BCUT2D eigenvalue weighted by molar-refractivity contribution is -0.140. The van der Waals surface area contributed by atoms with Gasteiger partial charge in [-0.25, -0.2) is 9.98 Å². The quantitative estimate of drug-likeness (QED) is 0.339. The number of ether oxygens (including phenoxy) is 2. The van der Waals surface area contributed by atoms with E-state index >= 15 is 0 Å². The van der Waals surface area contributed by atoms with E-state index in [4.69, 9.17) is 9.47 Å². The Kier molecular flexibility index (Phi) is 8.16. The molecule has 1 aromatic carbocycles. The Labute approximate surface area is 181 Å². The molecule has 2 aromatic rings. The van der Waals surface area contributed by atoms with Gasteiger partial charge in [-0.1, -0.05) is 6.07 Å². The molecule has 2 heterocycles. The van der Waals surface area contributed by atoms with E-state index < -0.39 is 11.9 Å². The molecule has 0 saturated carbocycles. The van der Waals surface area contributed by atoms with Crippen LogP contribution in [-0.2, 0) is 19.1 Å². The Morgan fingerprint density at radius 1 is 1.25 bits per heavy atom. The van der Waals surface area contributed by atoms with Crippen LogP contribution in [0.3, 0.4) is 0 Å². The number of halogens is 4. The number of benzene rings is 1. The molecule has 0 radical (unpaired) electrons. The van der Waals surface area contributed by atoms with E-state index in [9.17, 15) is 13.2 Å². The highest BCUT2D eigenvalue weighted by molar-refractivity contribution is 14.0. The minimum absolute atomic E-state index is 0. The molecular formula is C17H20F3IN4O2S. The van der Waals surface area contributed by atoms with Gasteiger partial charge < -0.3 is 20.1 Å². The van der Waals surface area contributed by atoms with Gasteiger partial charge in [0.15, 0.2) is 23.2 Å². The number of fused-ring (bicyclic) bond motifs is 1. The molecule has 11 heteroatoms. The Morgan fingerprint density at radius 3 is 2.75 bits per heavy atom. The summed E-state index contributed by atoms with van der Waals surface area (Å²) in [6, 6.07) is 5.63. The molecule has 2 N–H and O–H groups in total. The van der Waals surface area contributed by atoms with Crippen molar-refractivity contribution in [1.82, 2.24) is 15.6 Å².